The molecule has 0 spiro atoms. The maximum atomic E-state index is 11.6. The summed E-state index contributed by atoms with van der Waals surface area (Å²) in [6, 6.07) is 8.17. The van der Waals surface area contributed by atoms with Gasteiger partial charge in [0, 0.05) is 23.4 Å². The minimum absolute atomic E-state index is 0.381. The van der Waals surface area contributed by atoms with Gasteiger partial charge in [-0.15, -0.1) is 11.8 Å². The fourth-order valence-electron chi connectivity index (χ4n) is 2.85. The van der Waals surface area contributed by atoms with Crippen LogP contribution in [0.2, 0.25) is 0 Å². The molecule has 1 N–H and O–H groups in total. The first-order valence-electron chi connectivity index (χ1n) is 7.79. The van der Waals surface area contributed by atoms with E-state index in [1.807, 2.05) is 23.9 Å². The van der Waals surface area contributed by atoms with E-state index in [1.165, 1.54) is 17.7 Å². The second-order valence-corrected chi connectivity index (χ2v) is 7.44. The zero-order valence-electron chi connectivity index (χ0n) is 12.2. The Kier molecular flexibility index (Phi) is 4.86. The lowest BCUT2D eigenvalue weighted by Gasteiger charge is -2.25. The van der Waals surface area contributed by atoms with Crippen LogP contribution in [0, 0.1) is 5.92 Å². The van der Waals surface area contributed by atoms with Gasteiger partial charge in [-0.3, -0.25) is 4.79 Å². The highest BCUT2D eigenvalue weighted by Crippen LogP contribution is 2.39. The minimum atomic E-state index is -0.705. The molecule has 4 heteroatoms. The Labute approximate surface area is 130 Å². The third-order valence-corrected chi connectivity index (χ3v) is 5.67. The molecule has 3 nitrogen and oxygen atoms in total. The van der Waals surface area contributed by atoms with Crippen molar-refractivity contribution in [3.8, 4) is 0 Å². The van der Waals surface area contributed by atoms with Crippen molar-refractivity contribution < 1.29 is 14.6 Å². The number of rotatable bonds is 6. The lowest BCUT2D eigenvalue weighted by Crippen LogP contribution is -2.21. The minimum Gasteiger partial charge on any atom is -0.481 e. The summed E-state index contributed by atoms with van der Waals surface area (Å²) in [5, 5.41) is 10.3. The van der Waals surface area contributed by atoms with Gasteiger partial charge in [0.2, 0.25) is 0 Å². The van der Waals surface area contributed by atoms with Crippen LogP contribution in [-0.2, 0) is 9.53 Å². The monoisotopic (exact) mass is 306 g/mol. The lowest BCUT2D eigenvalue weighted by atomic mass is 9.85. The molecule has 0 unspecified atom stereocenters. The van der Waals surface area contributed by atoms with Crippen molar-refractivity contribution in [2.75, 3.05) is 13.2 Å². The van der Waals surface area contributed by atoms with Crippen molar-refractivity contribution >= 4 is 17.7 Å². The second-order valence-electron chi connectivity index (χ2n) is 6.07. The van der Waals surface area contributed by atoms with E-state index in [-0.39, 0.29) is 5.92 Å². The molecule has 21 heavy (non-hydrogen) atoms. The molecule has 1 saturated carbocycles. The topological polar surface area (TPSA) is 46.5 Å². The largest absolute Gasteiger partial charge is 0.481 e. The van der Waals surface area contributed by atoms with Gasteiger partial charge in [-0.25, -0.2) is 0 Å². The van der Waals surface area contributed by atoms with Crippen molar-refractivity contribution in [2.45, 2.75) is 48.2 Å². The number of thioether (sulfide) groups is 1. The Morgan fingerprint density at radius 3 is 2.43 bits per heavy atom. The first-order valence-corrected chi connectivity index (χ1v) is 8.67. The fraction of sp³-hybridized carbons (Fsp3) is 0.588. The molecule has 2 aliphatic rings. The van der Waals surface area contributed by atoms with Gasteiger partial charge in [0.15, 0.2) is 0 Å². The molecular weight excluding hydrogens is 284 g/mol. The van der Waals surface area contributed by atoms with Gasteiger partial charge in [0.05, 0.1) is 5.92 Å². The molecule has 1 aromatic carbocycles. The van der Waals surface area contributed by atoms with E-state index < -0.39 is 5.97 Å². The number of benzene rings is 1. The summed E-state index contributed by atoms with van der Waals surface area (Å²) < 4.78 is 5.36. The summed E-state index contributed by atoms with van der Waals surface area (Å²) in [5.74, 6) is -0.613. The molecule has 0 radical (unpaired) electrons. The van der Waals surface area contributed by atoms with Crippen LogP contribution in [0.25, 0.3) is 0 Å². The zero-order chi connectivity index (χ0) is 14.7. The molecule has 1 heterocycles. The molecule has 3 rings (SSSR count). The second kappa shape index (κ2) is 6.84. The predicted molar refractivity (Wildman–Crippen MR) is 83.9 cm³/mol. The van der Waals surface area contributed by atoms with Gasteiger partial charge in [0.1, 0.15) is 0 Å². The average molecular weight is 306 g/mol. The Balaban J connectivity index is 1.65. The molecule has 2 fully saturated rings. The van der Waals surface area contributed by atoms with Crippen LogP contribution in [0.5, 0.6) is 0 Å². The van der Waals surface area contributed by atoms with Gasteiger partial charge < -0.3 is 9.84 Å². The van der Waals surface area contributed by atoms with Crippen LogP contribution in [0.3, 0.4) is 0 Å². The highest BCUT2D eigenvalue weighted by Gasteiger charge is 2.26. The first-order chi connectivity index (χ1) is 10.2. The molecule has 1 aromatic rings. The van der Waals surface area contributed by atoms with Gasteiger partial charge in [0.25, 0.3) is 0 Å². The molecule has 0 amide bonds. The average Bonchev–Trinajstić information content (AvgIpc) is 3.31. The Hall–Kier alpha value is -1.00. The van der Waals surface area contributed by atoms with E-state index in [1.54, 1.807) is 0 Å². The van der Waals surface area contributed by atoms with Gasteiger partial charge >= 0.3 is 5.97 Å². The third-order valence-electron chi connectivity index (χ3n) is 4.32. The molecule has 0 bridgehead atoms. The van der Waals surface area contributed by atoms with Crippen LogP contribution in [-0.4, -0.2) is 29.5 Å². The van der Waals surface area contributed by atoms with E-state index in [2.05, 4.69) is 12.1 Å². The predicted octanol–water partition coefficient (Wildman–Crippen LogP) is 3.93. The summed E-state index contributed by atoms with van der Waals surface area (Å²) in [7, 11) is 0. The standard InChI is InChI=1S/C17H22O3S/c18-17(19)16(11-12-7-9-20-10-8-12)13-1-3-14(4-2-13)21-15-5-6-15/h1-4,12,15-16H,5-11H2,(H,18,19)/t16-/m1/s1. The number of aliphatic carboxylic acids is 1. The van der Waals surface area contributed by atoms with E-state index in [9.17, 15) is 9.90 Å². The Morgan fingerprint density at radius 2 is 1.86 bits per heavy atom. The van der Waals surface area contributed by atoms with E-state index in [0.717, 1.165) is 43.3 Å². The number of hydrogen-bond acceptors (Lipinski definition) is 3. The highest BCUT2D eigenvalue weighted by molar-refractivity contribution is 8.00. The SMILES string of the molecule is O=C(O)[C@H](CC1CCOCC1)c1ccc(SC2CC2)cc1. The molecule has 1 saturated heterocycles. The molecular formula is C17H22O3S. The van der Waals surface area contributed by atoms with Gasteiger partial charge in [-0.05, 0) is 55.7 Å². The van der Waals surface area contributed by atoms with Crippen molar-refractivity contribution in [3.63, 3.8) is 0 Å². The molecule has 0 aromatic heterocycles. The van der Waals surface area contributed by atoms with Crippen molar-refractivity contribution in [1.29, 1.82) is 0 Å². The first kappa shape index (κ1) is 14.9. The van der Waals surface area contributed by atoms with Crippen LogP contribution in [0.4, 0.5) is 0 Å². The van der Waals surface area contributed by atoms with E-state index >= 15 is 0 Å². The zero-order valence-corrected chi connectivity index (χ0v) is 13.0. The van der Waals surface area contributed by atoms with Crippen LogP contribution in [0.1, 0.15) is 43.6 Å². The van der Waals surface area contributed by atoms with E-state index in [0.29, 0.717) is 5.92 Å². The summed E-state index contributed by atoms with van der Waals surface area (Å²) in [5.41, 5.74) is 0.939. The van der Waals surface area contributed by atoms with Gasteiger partial charge in [-0.1, -0.05) is 12.1 Å². The Morgan fingerprint density at radius 1 is 1.19 bits per heavy atom. The molecule has 1 aliphatic heterocycles. The number of carboxylic acid groups (broad SMARTS) is 1. The maximum Gasteiger partial charge on any atom is 0.310 e. The van der Waals surface area contributed by atoms with Crippen molar-refractivity contribution in [2.24, 2.45) is 5.92 Å². The number of ether oxygens (including phenoxy) is 1. The van der Waals surface area contributed by atoms with Crippen molar-refractivity contribution in [3.05, 3.63) is 29.8 Å². The van der Waals surface area contributed by atoms with Crippen molar-refractivity contribution in [1.82, 2.24) is 0 Å². The fourth-order valence-corrected chi connectivity index (χ4v) is 3.90. The summed E-state index contributed by atoms with van der Waals surface area (Å²) >= 11 is 1.91. The molecule has 1 aliphatic carbocycles. The van der Waals surface area contributed by atoms with Gasteiger partial charge in [-0.2, -0.15) is 0 Å². The lowest BCUT2D eigenvalue weighted by molar-refractivity contribution is -0.139. The molecule has 114 valence electrons. The maximum absolute atomic E-state index is 11.6. The summed E-state index contributed by atoms with van der Waals surface area (Å²) in [6.07, 6.45) is 5.33. The van der Waals surface area contributed by atoms with E-state index in [4.69, 9.17) is 4.74 Å². The molecule has 1 atom stereocenters. The third kappa shape index (κ3) is 4.24. The number of hydrogen-bond donors (Lipinski definition) is 1. The summed E-state index contributed by atoms with van der Waals surface area (Å²) in [6.45, 7) is 1.54. The number of carbonyl (C=O) groups is 1. The van der Waals surface area contributed by atoms with Crippen LogP contribution in [0.15, 0.2) is 29.2 Å². The van der Waals surface area contributed by atoms with Crippen LogP contribution < -0.4 is 0 Å². The number of carboxylic acids is 1. The Bertz CT molecular complexity index is 475. The quantitative estimate of drug-likeness (QED) is 0.865. The smallest absolute Gasteiger partial charge is 0.310 e. The highest BCUT2D eigenvalue weighted by atomic mass is 32.2. The normalized spacial score (nSPS) is 21.1. The summed E-state index contributed by atoms with van der Waals surface area (Å²) in [4.78, 5) is 12.9. The van der Waals surface area contributed by atoms with Crippen LogP contribution >= 0.6 is 11.8 Å².